The first-order valence-electron chi connectivity index (χ1n) is 8.15. The van der Waals surface area contributed by atoms with Gasteiger partial charge < -0.3 is 11.1 Å². The summed E-state index contributed by atoms with van der Waals surface area (Å²) in [4.78, 5) is 9.44. The monoisotopic (exact) mass is 304 g/mol. The first kappa shape index (κ1) is 14.2. The minimum Gasteiger partial charge on any atom is -0.383 e. The number of aromatic nitrogens is 2. The van der Waals surface area contributed by atoms with E-state index in [1.807, 2.05) is 0 Å². The summed E-state index contributed by atoms with van der Waals surface area (Å²) in [5.74, 6) is 1.36. The van der Waals surface area contributed by atoms with Crippen LogP contribution >= 0.6 is 0 Å². The third-order valence-electron chi connectivity index (χ3n) is 4.58. The van der Waals surface area contributed by atoms with Gasteiger partial charge in [-0.05, 0) is 35.7 Å². The van der Waals surface area contributed by atoms with Crippen molar-refractivity contribution >= 4 is 16.6 Å². The van der Waals surface area contributed by atoms with Crippen LogP contribution in [0.2, 0.25) is 0 Å². The number of benzene rings is 2. The van der Waals surface area contributed by atoms with Crippen molar-refractivity contribution in [3.05, 3.63) is 53.2 Å². The average molecular weight is 304 g/mol. The van der Waals surface area contributed by atoms with Crippen LogP contribution in [0, 0.1) is 0 Å². The summed E-state index contributed by atoms with van der Waals surface area (Å²) >= 11 is 0. The first-order valence-corrected chi connectivity index (χ1v) is 8.15. The van der Waals surface area contributed by atoms with E-state index >= 15 is 0 Å². The number of nitrogens with one attached hydrogen (secondary N) is 1. The molecule has 0 atom stereocenters. The highest BCUT2D eigenvalue weighted by molar-refractivity contribution is 5.97. The lowest BCUT2D eigenvalue weighted by molar-refractivity contribution is 0.626. The molecular weight excluding hydrogens is 284 g/mol. The van der Waals surface area contributed by atoms with Gasteiger partial charge in [-0.2, -0.15) is 0 Å². The predicted octanol–water partition coefficient (Wildman–Crippen LogP) is 3.09. The highest BCUT2D eigenvalue weighted by Gasteiger charge is 2.18. The zero-order valence-corrected chi connectivity index (χ0v) is 13.3. The molecule has 1 aliphatic rings. The molecule has 23 heavy (non-hydrogen) atoms. The van der Waals surface area contributed by atoms with Gasteiger partial charge in [-0.15, -0.1) is 0 Å². The molecule has 0 fully saturated rings. The van der Waals surface area contributed by atoms with Crippen LogP contribution < -0.4 is 11.1 Å². The second kappa shape index (κ2) is 5.63. The second-order valence-electron chi connectivity index (χ2n) is 5.96. The SMILES string of the molecule is CCc1cccc2cccc(-c3nc(N)c4c(n3)CNCC4)c12. The van der Waals surface area contributed by atoms with E-state index in [-0.39, 0.29) is 0 Å². The van der Waals surface area contributed by atoms with Gasteiger partial charge in [0.15, 0.2) is 5.82 Å². The van der Waals surface area contributed by atoms with E-state index in [1.54, 1.807) is 0 Å². The molecule has 0 aliphatic carbocycles. The van der Waals surface area contributed by atoms with E-state index in [9.17, 15) is 0 Å². The maximum absolute atomic E-state index is 6.22. The number of rotatable bonds is 2. The minimum atomic E-state index is 0.623. The fourth-order valence-corrected chi connectivity index (χ4v) is 3.41. The quantitative estimate of drug-likeness (QED) is 0.763. The van der Waals surface area contributed by atoms with Gasteiger partial charge >= 0.3 is 0 Å². The van der Waals surface area contributed by atoms with Crippen molar-refractivity contribution in [2.45, 2.75) is 26.3 Å². The van der Waals surface area contributed by atoms with Crippen LogP contribution in [-0.2, 0) is 19.4 Å². The van der Waals surface area contributed by atoms with Gasteiger partial charge in [-0.25, -0.2) is 9.97 Å². The molecule has 0 amide bonds. The number of anilines is 1. The molecule has 0 unspecified atom stereocenters. The van der Waals surface area contributed by atoms with Crippen molar-refractivity contribution in [2.75, 3.05) is 12.3 Å². The van der Waals surface area contributed by atoms with E-state index in [0.717, 1.165) is 48.6 Å². The van der Waals surface area contributed by atoms with Crippen molar-refractivity contribution < 1.29 is 0 Å². The smallest absolute Gasteiger partial charge is 0.162 e. The van der Waals surface area contributed by atoms with Crippen molar-refractivity contribution in [2.24, 2.45) is 0 Å². The molecule has 4 nitrogen and oxygen atoms in total. The summed E-state index contributed by atoms with van der Waals surface area (Å²) in [6.07, 6.45) is 1.88. The Morgan fingerprint density at radius 1 is 1.13 bits per heavy atom. The Morgan fingerprint density at radius 2 is 1.96 bits per heavy atom. The maximum Gasteiger partial charge on any atom is 0.162 e. The Balaban J connectivity index is 1.98. The van der Waals surface area contributed by atoms with Gasteiger partial charge in [0.2, 0.25) is 0 Å². The zero-order valence-electron chi connectivity index (χ0n) is 13.3. The minimum absolute atomic E-state index is 0.623. The van der Waals surface area contributed by atoms with E-state index in [0.29, 0.717) is 5.82 Å². The lowest BCUT2D eigenvalue weighted by Gasteiger charge is -2.19. The number of hydrogen-bond acceptors (Lipinski definition) is 4. The van der Waals surface area contributed by atoms with Gasteiger partial charge in [-0.1, -0.05) is 43.3 Å². The van der Waals surface area contributed by atoms with Crippen LogP contribution in [0.3, 0.4) is 0 Å². The number of nitrogen functional groups attached to an aromatic ring is 1. The summed E-state index contributed by atoms with van der Waals surface area (Å²) < 4.78 is 0. The molecule has 0 saturated carbocycles. The number of fused-ring (bicyclic) bond motifs is 2. The molecule has 4 heteroatoms. The average Bonchev–Trinajstić information content (AvgIpc) is 2.60. The van der Waals surface area contributed by atoms with Gasteiger partial charge in [0.1, 0.15) is 5.82 Å². The molecule has 4 rings (SSSR count). The second-order valence-corrected chi connectivity index (χ2v) is 5.96. The molecular formula is C19H20N4. The first-order chi connectivity index (χ1) is 11.3. The van der Waals surface area contributed by atoms with E-state index in [1.165, 1.54) is 16.3 Å². The van der Waals surface area contributed by atoms with Gasteiger partial charge in [0.25, 0.3) is 0 Å². The molecule has 1 aromatic heterocycles. The Kier molecular flexibility index (Phi) is 3.46. The Bertz CT molecular complexity index is 881. The van der Waals surface area contributed by atoms with Crippen LogP contribution in [0.4, 0.5) is 5.82 Å². The van der Waals surface area contributed by atoms with Crippen LogP contribution in [-0.4, -0.2) is 16.5 Å². The van der Waals surface area contributed by atoms with Crippen molar-refractivity contribution in [3.63, 3.8) is 0 Å². The third kappa shape index (κ3) is 2.35. The van der Waals surface area contributed by atoms with Crippen LogP contribution in [0.1, 0.15) is 23.7 Å². The highest BCUT2D eigenvalue weighted by atomic mass is 15.0. The molecule has 3 N–H and O–H groups in total. The van der Waals surface area contributed by atoms with Gasteiger partial charge in [0.05, 0.1) is 5.69 Å². The number of nitrogens with zero attached hydrogens (tertiary/aromatic N) is 2. The molecule has 3 aromatic rings. The summed E-state index contributed by atoms with van der Waals surface area (Å²) in [6.45, 7) is 3.88. The number of aryl methyl sites for hydroxylation is 1. The lowest BCUT2D eigenvalue weighted by Crippen LogP contribution is -2.26. The summed E-state index contributed by atoms with van der Waals surface area (Å²) in [5, 5.41) is 5.82. The normalized spacial score (nSPS) is 14.0. The summed E-state index contributed by atoms with van der Waals surface area (Å²) in [6, 6.07) is 12.7. The van der Waals surface area contributed by atoms with Gasteiger partial charge in [-0.3, -0.25) is 0 Å². The van der Waals surface area contributed by atoms with Crippen LogP contribution in [0.25, 0.3) is 22.2 Å². The van der Waals surface area contributed by atoms with Crippen molar-refractivity contribution in [1.29, 1.82) is 0 Å². The fraction of sp³-hybridized carbons (Fsp3) is 0.263. The predicted molar refractivity (Wildman–Crippen MR) is 94.2 cm³/mol. The molecule has 0 spiro atoms. The third-order valence-corrected chi connectivity index (χ3v) is 4.58. The highest BCUT2D eigenvalue weighted by Crippen LogP contribution is 2.31. The Labute approximate surface area is 135 Å². The zero-order chi connectivity index (χ0) is 15.8. The molecule has 1 aliphatic heterocycles. The molecule has 0 saturated heterocycles. The summed E-state index contributed by atoms with van der Waals surface area (Å²) in [5.41, 5.74) is 10.7. The number of hydrogen-bond donors (Lipinski definition) is 2. The fourth-order valence-electron chi connectivity index (χ4n) is 3.41. The van der Waals surface area contributed by atoms with E-state index < -0.39 is 0 Å². The summed E-state index contributed by atoms with van der Waals surface area (Å²) in [7, 11) is 0. The largest absolute Gasteiger partial charge is 0.383 e. The molecule has 116 valence electrons. The standard InChI is InChI=1S/C19H20N4/c1-2-12-5-3-6-13-7-4-8-15(17(12)13)19-22-16-11-21-10-9-14(16)18(20)23-19/h3-8,21H,2,9-11H2,1H3,(H2,20,22,23). The molecule has 0 bridgehead atoms. The molecule has 2 aromatic carbocycles. The van der Waals surface area contributed by atoms with Gasteiger partial charge in [0, 0.05) is 17.7 Å². The van der Waals surface area contributed by atoms with Crippen molar-refractivity contribution in [3.8, 4) is 11.4 Å². The molecule has 0 radical (unpaired) electrons. The molecule has 2 heterocycles. The number of nitrogens with two attached hydrogens (primary N) is 1. The maximum atomic E-state index is 6.22. The Hall–Kier alpha value is -2.46. The van der Waals surface area contributed by atoms with Crippen LogP contribution in [0.5, 0.6) is 0 Å². The van der Waals surface area contributed by atoms with Crippen molar-refractivity contribution in [1.82, 2.24) is 15.3 Å². The van der Waals surface area contributed by atoms with E-state index in [2.05, 4.69) is 53.6 Å². The lowest BCUT2D eigenvalue weighted by atomic mass is 9.97. The topological polar surface area (TPSA) is 63.8 Å². The van der Waals surface area contributed by atoms with Crippen LogP contribution in [0.15, 0.2) is 36.4 Å². The van der Waals surface area contributed by atoms with E-state index in [4.69, 9.17) is 10.7 Å². The Morgan fingerprint density at radius 3 is 2.78 bits per heavy atom.